The summed E-state index contributed by atoms with van der Waals surface area (Å²) in [5.41, 5.74) is 2.70. The molecule has 5 nitrogen and oxygen atoms in total. The Kier molecular flexibility index (Phi) is 7.17. The van der Waals surface area contributed by atoms with Crippen LogP contribution in [0, 0.1) is 0 Å². The highest BCUT2D eigenvalue weighted by molar-refractivity contribution is 7.99. The van der Waals surface area contributed by atoms with E-state index < -0.39 is 0 Å². The molecule has 0 unspecified atom stereocenters. The first-order chi connectivity index (χ1) is 13.6. The SMILES string of the molecule is O=C(CSCc1cccc(Cl)c1)NCc1ccc(NC(=O)c2ccco2)cc1. The lowest BCUT2D eigenvalue weighted by molar-refractivity contribution is -0.118. The molecule has 0 aliphatic rings. The van der Waals surface area contributed by atoms with E-state index in [9.17, 15) is 9.59 Å². The van der Waals surface area contributed by atoms with Gasteiger partial charge in [0.25, 0.3) is 5.91 Å². The molecule has 0 spiro atoms. The van der Waals surface area contributed by atoms with E-state index in [1.807, 2.05) is 36.4 Å². The highest BCUT2D eigenvalue weighted by Gasteiger charge is 2.08. The van der Waals surface area contributed by atoms with Gasteiger partial charge < -0.3 is 15.1 Å². The Morgan fingerprint density at radius 1 is 1.00 bits per heavy atom. The van der Waals surface area contributed by atoms with Crippen molar-refractivity contribution in [3.05, 3.63) is 88.8 Å². The smallest absolute Gasteiger partial charge is 0.291 e. The van der Waals surface area contributed by atoms with Crippen LogP contribution < -0.4 is 10.6 Å². The van der Waals surface area contributed by atoms with E-state index >= 15 is 0 Å². The average Bonchev–Trinajstić information content (AvgIpc) is 3.22. The van der Waals surface area contributed by atoms with Gasteiger partial charge in [0.05, 0.1) is 12.0 Å². The first-order valence-electron chi connectivity index (χ1n) is 8.63. The molecule has 0 fully saturated rings. The largest absolute Gasteiger partial charge is 0.459 e. The summed E-state index contributed by atoms with van der Waals surface area (Å²) in [5, 5.41) is 6.34. The minimum absolute atomic E-state index is 0.0257. The van der Waals surface area contributed by atoms with Gasteiger partial charge in [0.1, 0.15) is 0 Å². The summed E-state index contributed by atoms with van der Waals surface area (Å²) in [5.74, 6) is 1.04. The first-order valence-corrected chi connectivity index (χ1v) is 10.2. The number of thioether (sulfide) groups is 1. The fourth-order valence-electron chi connectivity index (χ4n) is 2.45. The lowest BCUT2D eigenvalue weighted by Crippen LogP contribution is -2.24. The average molecular weight is 415 g/mol. The third-order valence-corrected chi connectivity index (χ3v) is 5.08. The second-order valence-electron chi connectivity index (χ2n) is 6.03. The number of hydrogen-bond donors (Lipinski definition) is 2. The fraction of sp³-hybridized carbons (Fsp3) is 0.143. The Morgan fingerprint density at radius 3 is 2.54 bits per heavy atom. The molecule has 0 saturated carbocycles. The molecule has 1 heterocycles. The maximum Gasteiger partial charge on any atom is 0.291 e. The van der Waals surface area contributed by atoms with Crippen LogP contribution in [0.2, 0.25) is 5.02 Å². The number of carbonyl (C=O) groups is 2. The van der Waals surface area contributed by atoms with Crippen LogP contribution in [0.5, 0.6) is 0 Å². The summed E-state index contributed by atoms with van der Waals surface area (Å²) in [7, 11) is 0. The zero-order chi connectivity index (χ0) is 19.8. The van der Waals surface area contributed by atoms with Gasteiger partial charge in [-0.2, -0.15) is 0 Å². The molecule has 0 saturated heterocycles. The molecule has 0 radical (unpaired) electrons. The van der Waals surface area contributed by atoms with Crippen LogP contribution in [0.4, 0.5) is 5.69 Å². The number of rotatable bonds is 8. The number of furan rings is 1. The van der Waals surface area contributed by atoms with Crippen molar-refractivity contribution >= 4 is 40.9 Å². The van der Waals surface area contributed by atoms with E-state index in [2.05, 4.69) is 10.6 Å². The van der Waals surface area contributed by atoms with Crippen molar-refractivity contribution in [2.45, 2.75) is 12.3 Å². The van der Waals surface area contributed by atoms with Crippen LogP contribution in [0.1, 0.15) is 21.7 Å². The van der Waals surface area contributed by atoms with Gasteiger partial charge >= 0.3 is 0 Å². The van der Waals surface area contributed by atoms with E-state index in [0.717, 1.165) is 16.9 Å². The Morgan fingerprint density at radius 2 is 1.82 bits per heavy atom. The maximum absolute atomic E-state index is 12.0. The molecule has 28 heavy (non-hydrogen) atoms. The van der Waals surface area contributed by atoms with Gasteiger partial charge in [0, 0.05) is 23.0 Å². The molecule has 0 atom stereocenters. The molecular formula is C21H19ClN2O3S. The van der Waals surface area contributed by atoms with E-state index in [-0.39, 0.29) is 17.6 Å². The predicted octanol–water partition coefficient (Wildman–Crippen LogP) is 4.73. The number of hydrogen-bond acceptors (Lipinski definition) is 4. The number of halogens is 1. The van der Waals surface area contributed by atoms with Gasteiger partial charge in [-0.3, -0.25) is 9.59 Å². The molecule has 2 aromatic carbocycles. The van der Waals surface area contributed by atoms with Crippen LogP contribution in [0.15, 0.2) is 71.3 Å². The normalized spacial score (nSPS) is 10.5. The summed E-state index contributed by atoms with van der Waals surface area (Å²) in [6.45, 7) is 0.434. The van der Waals surface area contributed by atoms with Crippen molar-refractivity contribution in [1.29, 1.82) is 0 Å². The molecule has 3 rings (SSSR count). The molecule has 2 N–H and O–H groups in total. The van der Waals surface area contributed by atoms with Crippen molar-refractivity contribution in [3.63, 3.8) is 0 Å². The van der Waals surface area contributed by atoms with Crippen molar-refractivity contribution in [3.8, 4) is 0 Å². The van der Waals surface area contributed by atoms with E-state index in [1.54, 1.807) is 24.3 Å². The van der Waals surface area contributed by atoms with Crippen molar-refractivity contribution < 1.29 is 14.0 Å². The molecule has 0 bridgehead atoms. The summed E-state index contributed by atoms with van der Waals surface area (Å²) < 4.78 is 5.05. The van der Waals surface area contributed by atoms with Crippen LogP contribution >= 0.6 is 23.4 Å². The molecule has 3 aromatic rings. The zero-order valence-corrected chi connectivity index (χ0v) is 16.6. The van der Waals surface area contributed by atoms with Gasteiger partial charge in [-0.1, -0.05) is 35.9 Å². The number of benzene rings is 2. The standard InChI is InChI=1S/C21H19ClN2O3S/c22-17-4-1-3-16(11-17)13-28-14-20(25)23-12-15-6-8-18(9-7-15)24-21(26)19-5-2-10-27-19/h1-11H,12-14H2,(H,23,25)(H,24,26). The van der Waals surface area contributed by atoms with Crippen LogP contribution in [-0.2, 0) is 17.1 Å². The van der Waals surface area contributed by atoms with Gasteiger partial charge in [0.2, 0.25) is 5.91 Å². The summed E-state index contributed by atoms with van der Waals surface area (Å²) >= 11 is 7.49. The second-order valence-corrected chi connectivity index (χ2v) is 7.45. The van der Waals surface area contributed by atoms with Gasteiger partial charge in [-0.25, -0.2) is 0 Å². The molecule has 0 aliphatic heterocycles. The Bertz CT molecular complexity index is 927. The molecule has 1 aromatic heterocycles. The Hall–Kier alpha value is -2.70. The number of amides is 2. The minimum Gasteiger partial charge on any atom is -0.459 e. The summed E-state index contributed by atoms with van der Waals surface area (Å²) in [4.78, 5) is 23.9. The van der Waals surface area contributed by atoms with Crippen molar-refractivity contribution in [2.24, 2.45) is 0 Å². The monoisotopic (exact) mass is 414 g/mol. The highest BCUT2D eigenvalue weighted by Crippen LogP contribution is 2.16. The number of nitrogens with one attached hydrogen (secondary N) is 2. The number of carbonyl (C=O) groups excluding carboxylic acids is 2. The lowest BCUT2D eigenvalue weighted by Gasteiger charge is -2.07. The fourth-order valence-corrected chi connectivity index (χ4v) is 3.46. The minimum atomic E-state index is -0.303. The predicted molar refractivity (Wildman–Crippen MR) is 113 cm³/mol. The Balaban J connectivity index is 1.39. The quantitative estimate of drug-likeness (QED) is 0.558. The van der Waals surface area contributed by atoms with Crippen LogP contribution in [0.25, 0.3) is 0 Å². The highest BCUT2D eigenvalue weighted by atomic mass is 35.5. The van der Waals surface area contributed by atoms with Crippen LogP contribution in [0.3, 0.4) is 0 Å². The molecule has 144 valence electrons. The first kappa shape index (κ1) is 20.0. The summed E-state index contributed by atoms with van der Waals surface area (Å²) in [6.07, 6.45) is 1.45. The second kappa shape index (κ2) is 10.0. The molecule has 2 amide bonds. The van der Waals surface area contributed by atoms with E-state index in [1.165, 1.54) is 18.0 Å². The van der Waals surface area contributed by atoms with Gasteiger partial charge in [0.15, 0.2) is 5.76 Å². The summed E-state index contributed by atoms with van der Waals surface area (Å²) in [6, 6.07) is 18.2. The number of anilines is 1. The van der Waals surface area contributed by atoms with Gasteiger partial charge in [-0.05, 0) is 47.5 Å². The third kappa shape index (κ3) is 6.18. The molecule has 0 aliphatic carbocycles. The zero-order valence-electron chi connectivity index (χ0n) is 15.0. The van der Waals surface area contributed by atoms with E-state index in [4.69, 9.17) is 16.0 Å². The van der Waals surface area contributed by atoms with Gasteiger partial charge in [-0.15, -0.1) is 11.8 Å². The van der Waals surface area contributed by atoms with Crippen molar-refractivity contribution in [1.82, 2.24) is 5.32 Å². The van der Waals surface area contributed by atoms with E-state index in [0.29, 0.717) is 23.0 Å². The molecular weight excluding hydrogens is 396 g/mol. The van der Waals surface area contributed by atoms with Crippen LogP contribution in [-0.4, -0.2) is 17.6 Å². The molecule has 7 heteroatoms. The van der Waals surface area contributed by atoms with Crippen molar-refractivity contribution in [2.75, 3.05) is 11.1 Å². The topological polar surface area (TPSA) is 71.3 Å². The maximum atomic E-state index is 12.0. The Labute approximate surface area is 172 Å². The lowest BCUT2D eigenvalue weighted by atomic mass is 10.2. The third-order valence-electron chi connectivity index (χ3n) is 3.84.